The van der Waals surface area contributed by atoms with Crippen LogP contribution in [0.25, 0.3) is 0 Å². The number of ketones is 1. The number of halogens is 2. The van der Waals surface area contributed by atoms with Crippen LogP contribution in [0.1, 0.15) is 19.3 Å². The van der Waals surface area contributed by atoms with Crippen LogP contribution in [-0.4, -0.2) is 17.1 Å². The van der Waals surface area contributed by atoms with Crippen molar-refractivity contribution in [1.82, 2.24) is 0 Å². The third-order valence-corrected chi connectivity index (χ3v) is 2.96. The van der Waals surface area contributed by atoms with E-state index >= 15 is 0 Å². The van der Waals surface area contributed by atoms with E-state index in [-0.39, 0.29) is 22.1 Å². The molecule has 0 heterocycles. The van der Waals surface area contributed by atoms with Crippen LogP contribution >= 0.6 is 11.6 Å². The van der Waals surface area contributed by atoms with Crippen molar-refractivity contribution in [2.75, 3.05) is 0 Å². The van der Waals surface area contributed by atoms with Crippen LogP contribution in [0.4, 0.5) is 10.1 Å². The highest BCUT2D eigenvalue weighted by Crippen LogP contribution is 2.23. The Kier molecular flexibility index (Phi) is 3.77. The standard InChI is InChI=1S/C13H11ClFNO2/c14-10-6-8(4-5-11(10)15)16-7-9-12(17)2-1-3-13(9)18/h4-7,17H,1-3H2. The summed E-state index contributed by atoms with van der Waals surface area (Å²) < 4.78 is 12.9. The fourth-order valence-electron chi connectivity index (χ4n) is 1.70. The molecule has 3 nitrogen and oxygen atoms in total. The summed E-state index contributed by atoms with van der Waals surface area (Å²) in [6.07, 6.45) is 2.86. The summed E-state index contributed by atoms with van der Waals surface area (Å²) in [5.41, 5.74) is 0.654. The molecule has 5 heteroatoms. The van der Waals surface area contributed by atoms with Gasteiger partial charge in [-0.1, -0.05) is 11.6 Å². The maximum atomic E-state index is 12.9. The van der Waals surface area contributed by atoms with E-state index in [1.165, 1.54) is 24.4 Å². The highest BCUT2D eigenvalue weighted by atomic mass is 35.5. The molecule has 1 N–H and O–H groups in total. The van der Waals surface area contributed by atoms with Gasteiger partial charge in [0.25, 0.3) is 0 Å². The summed E-state index contributed by atoms with van der Waals surface area (Å²) in [5, 5.41) is 9.57. The molecule has 18 heavy (non-hydrogen) atoms. The summed E-state index contributed by atoms with van der Waals surface area (Å²) in [7, 11) is 0. The van der Waals surface area contributed by atoms with Gasteiger partial charge in [-0.2, -0.15) is 0 Å². The molecule has 0 saturated carbocycles. The van der Waals surface area contributed by atoms with Crippen molar-refractivity contribution in [1.29, 1.82) is 0 Å². The SMILES string of the molecule is O=C1CCCC(O)=C1C=Nc1ccc(F)c(Cl)c1. The number of nitrogens with zero attached hydrogens (tertiary/aromatic N) is 1. The second-order valence-electron chi connectivity index (χ2n) is 3.99. The van der Waals surface area contributed by atoms with E-state index in [1.807, 2.05) is 0 Å². The average molecular weight is 268 g/mol. The molecule has 1 aliphatic rings. The Morgan fingerprint density at radius 3 is 2.83 bits per heavy atom. The van der Waals surface area contributed by atoms with E-state index < -0.39 is 5.82 Å². The van der Waals surface area contributed by atoms with Crippen LogP contribution < -0.4 is 0 Å². The Balaban J connectivity index is 2.25. The molecule has 0 spiro atoms. The zero-order valence-corrected chi connectivity index (χ0v) is 10.2. The molecule has 94 valence electrons. The highest BCUT2D eigenvalue weighted by Gasteiger charge is 2.18. The van der Waals surface area contributed by atoms with Gasteiger partial charge < -0.3 is 5.11 Å². The molecule has 0 unspecified atom stereocenters. The Labute approximate surface area is 109 Å². The van der Waals surface area contributed by atoms with Crippen molar-refractivity contribution >= 4 is 29.3 Å². The van der Waals surface area contributed by atoms with Gasteiger partial charge in [0.1, 0.15) is 11.6 Å². The third-order valence-electron chi connectivity index (χ3n) is 2.67. The molecule has 0 radical (unpaired) electrons. The van der Waals surface area contributed by atoms with Gasteiger partial charge in [0, 0.05) is 19.1 Å². The van der Waals surface area contributed by atoms with E-state index in [9.17, 15) is 14.3 Å². The summed E-state index contributed by atoms with van der Waals surface area (Å²) in [6, 6.07) is 4.01. The van der Waals surface area contributed by atoms with Crippen LogP contribution in [0.5, 0.6) is 0 Å². The fraction of sp³-hybridized carbons (Fsp3) is 0.231. The fourth-order valence-corrected chi connectivity index (χ4v) is 1.87. The molecule has 1 aromatic carbocycles. The molecule has 1 aliphatic carbocycles. The van der Waals surface area contributed by atoms with Crippen molar-refractivity contribution in [3.8, 4) is 0 Å². The first-order chi connectivity index (χ1) is 8.58. The predicted octanol–water partition coefficient (Wildman–Crippen LogP) is 3.75. The Hall–Kier alpha value is -1.68. The molecule has 0 aromatic heterocycles. The maximum Gasteiger partial charge on any atom is 0.167 e. The van der Waals surface area contributed by atoms with E-state index in [2.05, 4.69) is 4.99 Å². The number of carbonyl (C=O) groups is 1. The highest BCUT2D eigenvalue weighted by molar-refractivity contribution is 6.31. The molecular formula is C13H11ClFNO2. The maximum absolute atomic E-state index is 12.9. The molecule has 2 rings (SSSR count). The number of aliphatic imine (C=N–C) groups is 1. The number of carbonyl (C=O) groups excluding carboxylic acids is 1. The summed E-state index contributed by atoms with van der Waals surface area (Å²) >= 11 is 5.62. The third kappa shape index (κ3) is 2.76. The van der Waals surface area contributed by atoms with Gasteiger partial charge in [0.2, 0.25) is 0 Å². The monoisotopic (exact) mass is 267 g/mol. The summed E-state index contributed by atoms with van der Waals surface area (Å²) in [6.45, 7) is 0. The normalized spacial score (nSPS) is 16.7. The van der Waals surface area contributed by atoms with Crippen molar-refractivity contribution in [2.24, 2.45) is 4.99 Å². The van der Waals surface area contributed by atoms with Crippen molar-refractivity contribution in [2.45, 2.75) is 19.3 Å². The number of aliphatic hydroxyl groups is 1. The van der Waals surface area contributed by atoms with Crippen LogP contribution in [-0.2, 0) is 4.79 Å². The lowest BCUT2D eigenvalue weighted by Gasteiger charge is -2.11. The molecule has 0 amide bonds. The largest absolute Gasteiger partial charge is 0.512 e. The molecular weight excluding hydrogens is 257 g/mol. The average Bonchev–Trinajstić information content (AvgIpc) is 2.33. The van der Waals surface area contributed by atoms with Gasteiger partial charge in [-0.25, -0.2) is 4.39 Å². The number of allylic oxidation sites excluding steroid dienone is 2. The molecule has 1 aromatic rings. The van der Waals surface area contributed by atoms with Crippen LogP contribution in [0.15, 0.2) is 34.5 Å². The Bertz CT molecular complexity index is 552. The van der Waals surface area contributed by atoms with Gasteiger partial charge in [0.15, 0.2) is 5.78 Å². The molecule has 0 fully saturated rings. The van der Waals surface area contributed by atoms with Crippen molar-refractivity contribution in [3.63, 3.8) is 0 Å². The summed E-state index contributed by atoms with van der Waals surface area (Å²) in [5.74, 6) is -0.592. The topological polar surface area (TPSA) is 49.7 Å². The van der Waals surface area contributed by atoms with Crippen LogP contribution in [0, 0.1) is 5.82 Å². The lowest BCUT2D eigenvalue weighted by molar-refractivity contribution is -0.115. The lowest BCUT2D eigenvalue weighted by Crippen LogP contribution is -2.12. The van der Waals surface area contributed by atoms with Gasteiger partial charge in [0.05, 0.1) is 16.3 Å². The second kappa shape index (κ2) is 5.31. The minimum absolute atomic E-state index is 0.0298. The zero-order chi connectivity index (χ0) is 13.1. The zero-order valence-electron chi connectivity index (χ0n) is 9.49. The number of hydrogen-bond donors (Lipinski definition) is 1. The summed E-state index contributed by atoms with van der Waals surface area (Å²) in [4.78, 5) is 15.6. The molecule has 0 atom stereocenters. The molecule has 0 bridgehead atoms. The minimum Gasteiger partial charge on any atom is -0.512 e. The van der Waals surface area contributed by atoms with Gasteiger partial charge >= 0.3 is 0 Å². The predicted molar refractivity (Wildman–Crippen MR) is 68.1 cm³/mol. The van der Waals surface area contributed by atoms with Gasteiger partial charge in [-0.15, -0.1) is 0 Å². The van der Waals surface area contributed by atoms with Crippen LogP contribution in [0.2, 0.25) is 5.02 Å². The first-order valence-electron chi connectivity index (χ1n) is 5.52. The molecule has 0 aliphatic heterocycles. The number of benzene rings is 1. The van der Waals surface area contributed by atoms with Crippen molar-refractivity contribution < 1.29 is 14.3 Å². The van der Waals surface area contributed by atoms with Crippen molar-refractivity contribution in [3.05, 3.63) is 40.4 Å². The quantitative estimate of drug-likeness (QED) is 0.830. The van der Waals surface area contributed by atoms with Gasteiger partial charge in [-0.05, 0) is 24.6 Å². The number of hydrogen-bond acceptors (Lipinski definition) is 3. The smallest absolute Gasteiger partial charge is 0.167 e. The number of aliphatic hydroxyl groups excluding tert-OH is 1. The second-order valence-corrected chi connectivity index (χ2v) is 4.40. The van der Waals surface area contributed by atoms with E-state index in [0.717, 1.165) is 0 Å². The lowest BCUT2D eigenvalue weighted by atomic mass is 9.97. The van der Waals surface area contributed by atoms with Gasteiger partial charge in [-0.3, -0.25) is 9.79 Å². The Morgan fingerprint density at radius 1 is 1.39 bits per heavy atom. The van der Waals surface area contributed by atoms with Crippen LogP contribution in [0.3, 0.4) is 0 Å². The molecule has 0 saturated heterocycles. The number of Topliss-reactive ketones (excluding diaryl/α,β-unsaturated/α-hetero) is 1. The van der Waals surface area contributed by atoms with E-state index in [4.69, 9.17) is 11.6 Å². The van der Waals surface area contributed by atoms with E-state index in [0.29, 0.717) is 24.9 Å². The first kappa shape index (κ1) is 12.8. The van der Waals surface area contributed by atoms with E-state index in [1.54, 1.807) is 0 Å². The minimum atomic E-state index is -0.522. The number of rotatable bonds is 2. The first-order valence-corrected chi connectivity index (χ1v) is 5.90. The Morgan fingerprint density at radius 2 is 2.17 bits per heavy atom.